The zero-order valence-electron chi connectivity index (χ0n) is 11.4. The molecule has 0 aromatic carbocycles. The number of carbonyl (C=O) groups is 2. The Balaban J connectivity index is 2.25. The molecule has 5 heteroatoms. The summed E-state index contributed by atoms with van der Waals surface area (Å²) in [6.45, 7) is 0.0319. The van der Waals surface area contributed by atoms with E-state index in [4.69, 9.17) is 5.73 Å². The summed E-state index contributed by atoms with van der Waals surface area (Å²) in [5.41, 5.74) is 5.87. The van der Waals surface area contributed by atoms with Gasteiger partial charge >= 0.3 is 0 Å². The SMILES string of the molecule is CN(C)C(=O)CNC(=O)C(N)CC1CCCCC1. The number of hydrogen-bond acceptors (Lipinski definition) is 3. The van der Waals surface area contributed by atoms with Crippen molar-refractivity contribution in [3.05, 3.63) is 0 Å². The van der Waals surface area contributed by atoms with Crippen molar-refractivity contribution in [2.45, 2.75) is 44.6 Å². The first-order valence-corrected chi connectivity index (χ1v) is 6.74. The van der Waals surface area contributed by atoms with Gasteiger partial charge < -0.3 is 16.0 Å². The van der Waals surface area contributed by atoms with Crippen LogP contribution < -0.4 is 11.1 Å². The van der Waals surface area contributed by atoms with Crippen LogP contribution in [0.25, 0.3) is 0 Å². The minimum atomic E-state index is -0.483. The van der Waals surface area contributed by atoms with E-state index in [0.717, 1.165) is 6.42 Å². The Labute approximate surface area is 109 Å². The van der Waals surface area contributed by atoms with Crippen LogP contribution in [-0.4, -0.2) is 43.4 Å². The Morgan fingerprint density at radius 1 is 1.28 bits per heavy atom. The normalized spacial score (nSPS) is 18.2. The Hall–Kier alpha value is -1.10. The first-order valence-electron chi connectivity index (χ1n) is 6.74. The second-order valence-corrected chi connectivity index (χ2v) is 5.35. The molecular weight excluding hydrogens is 230 g/mol. The molecule has 0 aliphatic heterocycles. The molecule has 0 aromatic heterocycles. The summed E-state index contributed by atoms with van der Waals surface area (Å²) in [6.07, 6.45) is 6.89. The summed E-state index contributed by atoms with van der Waals surface area (Å²) in [7, 11) is 3.33. The number of hydrogen-bond donors (Lipinski definition) is 2. The highest BCUT2D eigenvalue weighted by atomic mass is 16.2. The van der Waals surface area contributed by atoms with E-state index in [1.807, 2.05) is 0 Å². The first-order chi connectivity index (χ1) is 8.50. The van der Waals surface area contributed by atoms with Crippen LogP contribution in [0.1, 0.15) is 38.5 Å². The van der Waals surface area contributed by atoms with E-state index < -0.39 is 6.04 Å². The number of amides is 2. The minimum absolute atomic E-state index is 0.0319. The number of likely N-dealkylation sites (N-methyl/N-ethyl adjacent to an activating group) is 1. The molecule has 0 aromatic rings. The molecule has 1 unspecified atom stereocenters. The standard InChI is InChI=1S/C13H25N3O2/c1-16(2)12(17)9-15-13(18)11(14)8-10-6-4-3-5-7-10/h10-11H,3-9,14H2,1-2H3,(H,15,18). The highest BCUT2D eigenvalue weighted by molar-refractivity contribution is 5.87. The third kappa shape index (κ3) is 5.04. The maximum Gasteiger partial charge on any atom is 0.241 e. The van der Waals surface area contributed by atoms with Crippen molar-refractivity contribution in [3.8, 4) is 0 Å². The summed E-state index contributed by atoms with van der Waals surface area (Å²) in [4.78, 5) is 24.5. The molecule has 1 atom stereocenters. The molecule has 0 heterocycles. The molecule has 1 rings (SSSR count). The Morgan fingerprint density at radius 2 is 1.89 bits per heavy atom. The molecule has 2 amide bonds. The van der Waals surface area contributed by atoms with Gasteiger partial charge in [0.15, 0.2) is 0 Å². The molecule has 0 saturated heterocycles. The van der Waals surface area contributed by atoms with Gasteiger partial charge in [-0.1, -0.05) is 32.1 Å². The van der Waals surface area contributed by atoms with E-state index in [9.17, 15) is 9.59 Å². The van der Waals surface area contributed by atoms with E-state index in [1.165, 1.54) is 37.0 Å². The molecule has 0 bridgehead atoms. The van der Waals surface area contributed by atoms with Gasteiger partial charge in [0.25, 0.3) is 0 Å². The maximum atomic E-state index is 11.7. The van der Waals surface area contributed by atoms with Gasteiger partial charge in [0, 0.05) is 14.1 Å². The molecule has 1 fully saturated rings. The van der Waals surface area contributed by atoms with E-state index in [0.29, 0.717) is 5.92 Å². The fraction of sp³-hybridized carbons (Fsp3) is 0.846. The fourth-order valence-electron chi connectivity index (χ4n) is 2.34. The second kappa shape index (κ2) is 7.36. The predicted octanol–water partition coefficient (Wildman–Crippen LogP) is 0.489. The van der Waals surface area contributed by atoms with E-state index in [-0.39, 0.29) is 18.4 Å². The van der Waals surface area contributed by atoms with Gasteiger partial charge in [-0.3, -0.25) is 9.59 Å². The van der Waals surface area contributed by atoms with Crippen molar-refractivity contribution in [3.63, 3.8) is 0 Å². The Kier molecular flexibility index (Phi) is 6.12. The van der Waals surface area contributed by atoms with Crippen molar-refractivity contribution >= 4 is 11.8 Å². The Morgan fingerprint density at radius 3 is 2.44 bits per heavy atom. The number of carbonyl (C=O) groups excluding carboxylic acids is 2. The lowest BCUT2D eigenvalue weighted by Crippen LogP contribution is -2.45. The monoisotopic (exact) mass is 255 g/mol. The fourth-order valence-corrected chi connectivity index (χ4v) is 2.34. The highest BCUT2D eigenvalue weighted by Crippen LogP contribution is 2.26. The van der Waals surface area contributed by atoms with Gasteiger partial charge in [-0.2, -0.15) is 0 Å². The summed E-state index contributed by atoms with van der Waals surface area (Å²) in [5, 5.41) is 2.60. The van der Waals surface area contributed by atoms with Crippen molar-refractivity contribution in [1.29, 1.82) is 0 Å². The van der Waals surface area contributed by atoms with Crippen molar-refractivity contribution < 1.29 is 9.59 Å². The van der Waals surface area contributed by atoms with Gasteiger partial charge in [0.1, 0.15) is 0 Å². The van der Waals surface area contributed by atoms with Crippen molar-refractivity contribution in [2.75, 3.05) is 20.6 Å². The molecule has 1 aliphatic rings. The molecule has 1 saturated carbocycles. The molecule has 5 nitrogen and oxygen atoms in total. The molecule has 0 spiro atoms. The lowest BCUT2D eigenvalue weighted by molar-refractivity contribution is -0.131. The third-order valence-corrected chi connectivity index (χ3v) is 3.56. The molecule has 3 N–H and O–H groups in total. The van der Waals surface area contributed by atoms with Crippen molar-refractivity contribution in [2.24, 2.45) is 11.7 Å². The highest BCUT2D eigenvalue weighted by Gasteiger charge is 2.21. The molecule has 0 radical (unpaired) electrons. The van der Waals surface area contributed by atoms with Gasteiger partial charge in [0.05, 0.1) is 12.6 Å². The van der Waals surface area contributed by atoms with Gasteiger partial charge in [-0.05, 0) is 12.3 Å². The van der Waals surface area contributed by atoms with E-state index >= 15 is 0 Å². The summed E-state index contributed by atoms with van der Waals surface area (Å²) >= 11 is 0. The molecule has 1 aliphatic carbocycles. The van der Waals surface area contributed by atoms with Crippen LogP contribution in [0.15, 0.2) is 0 Å². The van der Waals surface area contributed by atoms with E-state index in [2.05, 4.69) is 5.32 Å². The summed E-state index contributed by atoms with van der Waals surface area (Å²) in [5.74, 6) is 0.244. The zero-order chi connectivity index (χ0) is 13.5. The van der Waals surface area contributed by atoms with Crippen LogP contribution >= 0.6 is 0 Å². The van der Waals surface area contributed by atoms with Crippen LogP contribution in [0.2, 0.25) is 0 Å². The zero-order valence-corrected chi connectivity index (χ0v) is 11.4. The largest absolute Gasteiger partial charge is 0.347 e. The number of rotatable bonds is 5. The van der Waals surface area contributed by atoms with Gasteiger partial charge in [-0.25, -0.2) is 0 Å². The molecule has 18 heavy (non-hydrogen) atoms. The number of nitrogens with zero attached hydrogens (tertiary/aromatic N) is 1. The van der Waals surface area contributed by atoms with Gasteiger partial charge in [0.2, 0.25) is 11.8 Å². The predicted molar refractivity (Wildman–Crippen MR) is 70.9 cm³/mol. The van der Waals surface area contributed by atoms with Crippen LogP contribution in [-0.2, 0) is 9.59 Å². The smallest absolute Gasteiger partial charge is 0.241 e. The van der Waals surface area contributed by atoms with Crippen LogP contribution in [0, 0.1) is 5.92 Å². The average Bonchev–Trinajstić information content (AvgIpc) is 2.36. The Bertz CT molecular complexity index is 286. The molecular formula is C13H25N3O2. The van der Waals surface area contributed by atoms with E-state index in [1.54, 1.807) is 14.1 Å². The maximum absolute atomic E-state index is 11.7. The first kappa shape index (κ1) is 15.0. The second-order valence-electron chi connectivity index (χ2n) is 5.35. The van der Waals surface area contributed by atoms with Crippen molar-refractivity contribution in [1.82, 2.24) is 10.2 Å². The average molecular weight is 255 g/mol. The number of nitrogens with one attached hydrogen (secondary N) is 1. The lowest BCUT2D eigenvalue weighted by Gasteiger charge is -2.24. The van der Waals surface area contributed by atoms with Gasteiger partial charge in [-0.15, -0.1) is 0 Å². The number of nitrogens with two attached hydrogens (primary N) is 1. The molecule has 104 valence electrons. The quantitative estimate of drug-likeness (QED) is 0.750. The summed E-state index contributed by atoms with van der Waals surface area (Å²) < 4.78 is 0. The third-order valence-electron chi connectivity index (χ3n) is 3.56. The van der Waals surface area contributed by atoms with Crippen LogP contribution in [0.5, 0.6) is 0 Å². The topological polar surface area (TPSA) is 75.4 Å². The minimum Gasteiger partial charge on any atom is -0.347 e. The van der Waals surface area contributed by atoms with Crippen LogP contribution in [0.3, 0.4) is 0 Å². The lowest BCUT2D eigenvalue weighted by atomic mass is 9.85. The summed E-state index contributed by atoms with van der Waals surface area (Å²) in [6, 6.07) is -0.483. The van der Waals surface area contributed by atoms with Crippen LogP contribution in [0.4, 0.5) is 0 Å².